The van der Waals surface area contributed by atoms with Gasteiger partial charge in [0, 0.05) is 23.3 Å². The first-order chi connectivity index (χ1) is 7.13. The Kier molecular flexibility index (Phi) is 2.51. The number of aldehydes is 1. The third-order valence-electron chi connectivity index (χ3n) is 3.07. The third-order valence-corrected chi connectivity index (χ3v) is 3.07. The van der Waals surface area contributed by atoms with Crippen molar-refractivity contribution in [3.8, 4) is 0 Å². The highest BCUT2D eigenvalue weighted by Gasteiger charge is 2.27. The first-order valence-corrected chi connectivity index (χ1v) is 5.50. The summed E-state index contributed by atoms with van der Waals surface area (Å²) in [5, 5.41) is 0. The molecule has 80 valence electrons. The summed E-state index contributed by atoms with van der Waals surface area (Å²) in [5.74, 6) is 0. The molecule has 0 amide bonds. The lowest BCUT2D eigenvalue weighted by Crippen LogP contribution is -2.35. The third kappa shape index (κ3) is 1.65. The van der Waals surface area contributed by atoms with Gasteiger partial charge in [0.2, 0.25) is 0 Å². The van der Waals surface area contributed by atoms with Gasteiger partial charge in [-0.25, -0.2) is 0 Å². The van der Waals surface area contributed by atoms with E-state index < -0.39 is 0 Å². The van der Waals surface area contributed by atoms with Crippen LogP contribution in [0.1, 0.15) is 36.7 Å². The molecule has 0 radical (unpaired) electrons. The number of anilines is 1. The Labute approximate surface area is 90.9 Å². The fraction of sp³-hybridized carbons (Fsp3) is 0.462. The van der Waals surface area contributed by atoms with Crippen molar-refractivity contribution in [1.82, 2.24) is 0 Å². The number of carbonyl (C=O) groups is 1. The molecule has 2 heteroatoms. The largest absolute Gasteiger partial charge is 0.366 e. The number of benzene rings is 1. The lowest BCUT2D eigenvalue weighted by Gasteiger charge is -2.29. The van der Waals surface area contributed by atoms with E-state index in [2.05, 4.69) is 31.7 Å². The van der Waals surface area contributed by atoms with E-state index in [1.807, 2.05) is 12.1 Å². The molecular weight excluding hydrogens is 186 g/mol. The number of nitrogens with zero attached hydrogens (tertiary/aromatic N) is 1. The van der Waals surface area contributed by atoms with Crippen molar-refractivity contribution in [3.63, 3.8) is 0 Å². The predicted octanol–water partition coefficient (Wildman–Crippen LogP) is 2.66. The van der Waals surface area contributed by atoms with Crippen molar-refractivity contribution in [3.05, 3.63) is 29.3 Å². The Bertz CT molecular complexity index is 384. The number of hydrogen-bond donors (Lipinski definition) is 0. The molecule has 1 aliphatic rings. The van der Waals surface area contributed by atoms with Crippen molar-refractivity contribution in [1.29, 1.82) is 0 Å². The van der Waals surface area contributed by atoms with Gasteiger partial charge in [-0.3, -0.25) is 4.79 Å². The van der Waals surface area contributed by atoms with E-state index in [9.17, 15) is 4.79 Å². The molecule has 1 heterocycles. The van der Waals surface area contributed by atoms with E-state index in [0.717, 1.165) is 18.3 Å². The van der Waals surface area contributed by atoms with Gasteiger partial charge in [-0.2, -0.15) is 0 Å². The van der Waals surface area contributed by atoms with Gasteiger partial charge in [0.1, 0.15) is 6.29 Å². The SMILES string of the molecule is CC(C)N1c2cc(C=O)ccc2CC1C. The lowest BCUT2D eigenvalue weighted by molar-refractivity contribution is 0.112. The van der Waals surface area contributed by atoms with Gasteiger partial charge in [0.05, 0.1) is 0 Å². The van der Waals surface area contributed by atoms with Crippen LogP contribution in [0.4, 0.5) is 5.69 Å². The van der Waals surface area contributed by atoms with Crippen molar-refractivity contribution >= 4 is 12.0 Å². The van der Waals surface area contributed by atoms with Crippen LogP contribution in [0.5, 0.6) is 0 Å². The first-order valence-electron chi connectivity index (χ1n) is 5.50. The number of hydrogen-bond acceptors (Lipinski definition) is 2. The zero-order valence-corrected chi connectivity index (χ0v) is 9.53. The fourth-order valence-corrected chi connectivity index (χ4v) is 2.51. The maximum Gasteiger partial charge on any atom is 0.150 e. The molecule has 1 aliphatic heterocycles. The van der Waals surface area contributed by atoms with E-state index in [4.69, 9.17) is 0 Å². The number of carbonyl (C=O) groups excluding carboxylic acids is 1. The summed E-state index contributed by atoms with van der Waals surface area (Å²) in [5.41, 5.74) is 3.37. The second kappa shape index (κ2) is 3.69. The van der Waals surface area contributed by atoms with Crippen LogP contribution in [0.25, 0.3) is 0 Å². The van der Waals surface area contributed by atoms with Gasteiger partial charge >= 0.3 is 0 Å². The zero-order chi connectivity index (χ0) is 11.0. The molecule has 0 aromatic heterocycles. The molecule has 1 unspecified atom stereocenters. The minimum Gasteiger partial charge on any atom is -0.366 e. The van der Waals surface area contributed by atoms with Crippen LogP contribution in [-0.4, -0.2) is 18.4 Å². The summed E-state index contributed by atoms with van der Waals surface area (Å²) >= 11 is 0. The van der Waals surface area contributed by atoms with Gasteiger partial charge in [-0.15, -0.1) is 0 Å². The van der Waals surface area contributed by atoms with E-state index in [0.29, 0.717) is 12.1 Å². The van der Waals surface area contributed by atoms with Gasteiger partial charge in [-0.05, 0) is 38.8 Å². The molecule has 0 N–H and O–H groups in total. The summed E-state index contributed by atoms with van der Waals surface area (Å²) < 4.78 is 0. The number of rotatable bonds is 2. The predicted molar refractivity (Wildman–Crippen MR) is 62.6 cm³/mol. The van der Waals surface area contributed by atoms with Crippen molar-refractivity contribution in [2.24, 2.45) is 0 Å². The molecule has 0 saturated heterocycles. The molecule has 1 atom stereocenters. The average Bonchev–Trinajstić information content (AvgIpc) is 2.52. The molecule has 0 bridgehead atoms. The highest BCUT2D eigenvalue weighted by molar-refractivity contribution is 5.79. The van der Waals surface area contributed by atoms with E-state index in [1.54, 1.807) is 0 Å². The molecule has 15 heavy (non-hydrogen) atoms. The standard InChI is InChI=1S/C13H17NO/c1-9(2)14-10(3)6-12-5-4-11(8-15)7-13(12)14/h4-5,7-10H,6H2,1-3H3. The molecule has 0 spiro atoms. The second-order valence-corrected chi connectivity index (χ2v) is 4.56. The van der Waals surface area contributed by atoms with Crippen LogP contribution in [0.2, 0.25) is 0 Å². The molecule has 0 saturated carbocycles. The minimum absolute atomic E-state index is 0.489. The van der Waals surface area contributed by atoms with E-state index >= 15 is 0 Å². The van der Waals surface area contributed by atoms with E-state index in [-0.39, 0.29) is 0 Å². The van der Waals surface area contributed by atoms with Gasteiger partial charge in [0.15, 0.2) is 0 Å². The molecular formula is C13H17NO. The first kappa shape index (κ1) is 10.2. The molecule has 0 fully saturated rings. The Hall–Kier alpha value is -1.31. The quantitative estimate of drug-likeness (QED) is 0.689. The molecule has 2 nitrogen and oxygen atoms in total. The molecule has 0 aliphatic carbocycles. The smallest absolute Gasteiger partial charge is 0.150 e. The van der Waals surface area contributed by atoms with Crippen LogP contribution in [0.3, 0.4) is 0 Å². The summed E-state index contributed by atoms with van der Waals surface area (Å²) in [6.07, 6.45) is 2.01. The topological polar surface area (TPSA) is 20.3 Å². The zero-order valence-electron chi connectivity index (χ0n) is 9.53. The summed E-state index contributed by atoms with van der Waals surface area (Å²) in [6, 6.07) is 7.02. The maximum atomic E-state index is 10.7. The monoisotopic (exact) mass is 203 g/mol. The fourth-order valence-electron chi connectivity index (χ4n) is 2.51. The Morgan fingerprint density at radius 3 is 2.80 bits per heavy atom. The van der Waals surface area contributed by atoms with Gasteiger partial charge in [0.25, 0.3) is 0 Å². The van der Waals surface area contributed by atoms with Crippen LogP contribution in [0.15, 0.2) is 18.2 Å². The van der Waals surface area contributed by atoms with Crippen molar-refractivity contribution in [2.45, 2.75) is 39.3 Å². The second-order valence-electron chi connectivity index (χ2n) is 4.56. The highest BCUT2D eigenvalue weighted by atomic mass is 16.1. The van der Waals surface area contributed by atoms with Crippen LogP contribution >= 0.6 is 0 Å². The van der Waals surface area contributed by atoms with Crippen LogP contribution in [-0.2, 0) is 6.42 Å². The molecule has 1 aromatic rings. The Morgan fingerprint density at radius 2 is 2.20 bits per heavy atom. The summed E-state index contributed by atoms with van der Waals surface area (Å²) in [4.78, 5) is 13.1. The van der Waals surface area contributed by atoms with Gasteiger partial charge in [-0.1, -0.05) is 12.1 Å². The maximum absolute atomic E-state index is 10.7. The summed E-state index contributed by atoms with van der Waals surface area (Å²) in [7, 11) is 0. The lowest BCUT2D eigenvalue weighted by atomic mass is 10.1. The Morgan fingerprint density at radius 1 is 1.47 bits per heavy atom. The van der Waals surface area contributed by atoms with E-state index in [1.165, 1.54) is 11.3 Å². The molecule has 1 aromatic carbocycles. The van der Waals surface area contributed by atoms with Crippen molar-refractivity contribution in [2.75, 3.05) is 4.90 Å². The minimum atomic E-state index is 0.489. The Balaban J connectivity index is 2.45. The normalized spacial score (nSPS) is 19.5. The molecule has 2 rings (SSSR count). The number of fused-ring (bicyclic) bond motifs is 1. The van der Waals surface area contributed by atoms with Crippen LogP contribution < -0.4 is 4.90 Å². The van der Waals surface area contributed by atoms with Crippen LogP contribution in [0, 0.1) is 0 Å². The van der Waals surface area contributed by atoms with Crippen molar-refractivity contribution < 1.29 is 4.79 Å². The highest BCUT2D eigenvalue weighted by Crippen LogP contribution is 2.34. The average molecular weight is 203 g/mol. The van der Waals surface area contributed by atoms with Gasteiger partial charge < -0.3 is 4.90 Å². The summed E-state index contributed by atoms with van der Waals surface area (Å²) in [6.45, 7) is 6.62.